The summed E-state index contributed by atoms with van der Waals surface area (Å²) in [5, 5.41) is 5.61. The lowest BCUT2D eigenvalue weighted by Crippen LogP contribution is -2.20. The summed E-state index contributed by atoms with van der Waals surface area (Å²) in [6.07, 6.45) is 1.53. The van der Waals surface area contributed by atoms with Crippen LogP contribution in [0.15, 0.2) is 42.6 Å². The Morgan fingerprint density at radius 3 is 2.72 bits per heavy atom. The number of urea groups is 1. The number of H-pyrrole nitrogens is 1. The van der Waals surface area contributed by atoms with Crippen LogP contribution in [0, 0.1) is 12.7 Å². The van der Waals surface area contributed by atoms with Gasteiger partial charge in [0, 0.05) is 16.3 Å². The lowest BCUT2D eigenvalue weighted by molar-refractivity contribution is 0.262. The van der Waals surface area contributed by atoms with Crippen molar-refractivity contribution in [2.24, 2.45) is 0 Å². The first-order valence-electron chi connectivity index (χ1n) is 7.37. The van der Waals surface area contributed by atoms with E-state index >= 15 is 0 Å². The smallest absolute Gasteiger partial charge is 0.323 e. The first kappa shape index (κ1) is 16.8. The summed E-state index contributed by atoms with van der Waals surface area (Å²) >= 11 is 6.02. The van der Waals surface area contributed by atoms with Crippen LogP contribution in [0.1, 0.15) is 5.56 Å². The number of nitrogens with zero attached hydrogens (tertiary/aromatic N) is 1. The van der Waals surface area contributed by atoms with E-state index < -0.39 is 11.8 Å². The van der Waals surface area contributed by atoms with Crippen molar-refractivity contribution < 1.29 is 9.18 Å². The Labute approximate surface area is 148 Å². The average Bonchev–Trinajstić information content (AvgIpc) is 2.99. The summed E-state index contributed by atoms with van der Waals surface area (Å²) in [6.45, 7) is 1.86. The number of carbonyl (C=O) groups is 1. The number of nitrogen functional groups attached to an aromatic ring is 1. The summed E-state index contributed by atoms with van der Waals surface area (Å²) in [7, 11) is 0. The second kappa shape index (κ2) is 6.82. The Bertz CT molecular complexity index is 941. The number of aromatic amines is 1. The van der Waals surface area contributed by atoms with Crippen LogP contribution < -0.4 is 16.4 Å². The van der Waals surface area contributed by atoms with Crippen molar-refractivity contribution in [3.8, 4) is 11.3 Å². The lowest BCUT2D eigenvalue weighted by atomic mass is 10.1. The molecule has 0 aliphatic rings. The van der Waals surface area contributed by atoms with Gasteiger partial charge in [-0.2, -0.15) is 0 Å². The Balaban J connectivity index is 1.77. The molecule has 3 rings (SSSR count). The molecule has 128 valence electrons. The number of halogens is 2. The van der Waals surface area contributed by atoms with Crippen molar-refractivity contribution in [2.45, 2.75) is 6.92 Å². The van der Waals surface area contributed by atoms with Crippen molar-refractivity contribution in [3.05, 3.63) is 59.0 Å². The van der Waals surface area contributed by atoms with E-state index in [2.05, 4.69) is 20.6 Å². The number of aryl methyl sites for hydroxylation is 1. The Morgan fingerprint density at radius 1 is 1.24 bits per heavy atom. The molecule has 0 aliphatic carbocycles. The van der Waals surface area contributed by atoms with Crippen molar-refractivity contribution in [3.63, 3.8) is 0 Å². The summed E-state index contributed by atoms with van der Waals surface area (Å²) in [5.74, 6) is -0.309. The first-order chi connectivity index (χ1) is 11.9. The molecule has 2 aromatic carbocycles. The fourth-order valence-corrected chi connectivity index (χ4v) is 2.41. The number of benzene rings is 2. The van der Waals surface area contributed by atoms with Gasteiger partial charge in [-0.3, -0.25) is 0 Å². The molecule has 0 bridgehead atoms. The first-order valence-corrected chi connectivity index (χ1v) is 7.75. The van der Waals surface area contributed by atoms with E-state index in [-0.39, 0.29) is 11.6 Å². The van der Waals surface area contributed by atoms with Gasteiger partial charge in [-0.25, -0.2) is 14.2 Å². The van der Waals surface area contributed by atoms with E-state index in [0.717, 1.165) is 5.56 Å². The van der Waals surface area contributed by atoms with Crippen LogP contribution in [0.25, 0.3) is 11.3 Å². The summed E-state index contributed by atoms with van der Waals surface area (Å²) in [5.41, 5.74) is 8.23. The van der Waals surface area contributed by atoms with Gasteiger partial charge in [-0.15, -0.1) is 0 Å². The maximum absolute atomic E-state index is 14.0. The topological polar surface area (TPSA) is 95.8 Å². The predicted octanol–water partition coefficient (Wildman–Crippen LogP) is 4.40. The molecule has 0 spiro atoms. The Hall–Kier alpha value is -3.06. The van der Waals surface area contributed by atoms with Crippen LogP contribution in [0.5, 0.6) is 0 Å². The largest absolute Gasteiger partial charge is 0.369 e. The zero-order chi connectivity index (χ0) is 18.0. The summed E-state index contributed by atoms with van der Waals surface area (Å²) in [6, 6.07) is 8.83. The van der Waals surface area contributed by atoms with E-state index in [1.54, 1.807) is 24.3 Å². The molecule has 0 radical (unpaired) electrons. The van der Waals surface area contributed by atoms with Gasteiger partial charge in [-0.1, -0.05) is 17.7 Å². The molecule has 6 nitrogen and oxygen atoms in total. The lowest BCUT2D eigenvalue weighted by Gasteiger charge is -2.10. The molecule has 0 unspecified atom stereocenters. The molecule has 0 saturated carbocycles. The van der Waals surface area contributed by atoms with Crippen molar-refractivity contribution in [2.75, 3.05) is 16.4 Å². The third-order valence-corrected chi connectivity index (χ3v) is 3.96. The minimum absolute atomic E-state index is 0.0291. The number of nitrogens with two attached hydrogens (primary N) is 1. The van der Waals surface area contributed by atoms with Gasteiger partial charge < -0.3 is 21.4 Å². The number of imidazole rings is 1. The minimum Gasteiger partial charge on any atom is -0.369 e. The van der Waals surface area contributed by atoms with E-state index in [9.17, 15) is 9.18 Å². The highest BCUT2D eigenvalue weighted by Gasteiger charge is 2.11. The minimum atomic E-state index is -0.583. The molecular formula is C17H15ClFN5O. The quantitative estimate of drug-likeness (QED) is 0.558. The molecule has 25 heavy (non-hydrogen) atoms. The van der Waals surface area contributed by atoms with Crippen LogP contribution in [0.3, 0.4) is 0 Å². The molecule has 3 aromatic rings. The van der Waals surface area contributed by atoms with Crippen molar-refractivity contribution >= 4 is 35.0 Å². The van der Waals surface area contributed by atoms with Gasteiger partial charge in [0.25, 0.3) is 0 Å². The van der Waals surface area contributed by atoms with E-state index in [4.69, 9.17) is 17.3 Å². The number of aromatic nitrogens is 2. The second-order valence-corrected chi connectivity index (χ2v) is 5.83. The standard InChI is InChI=1S/C17H15ClFN5O/c1-9-2-4-11(7-12(9)18)22-17(25)24-14-6-10(3-5-13(14)19)15-8-21-16(20)23-15/h2-8H,1H3,(H3,20,21,23)(H2,22,24,25). The number of rotatable bonds is 3. The molecule has 8 heteroatoms. The molecule has 0 atom stereocenters. The average molecular weight is 360 g/mol. The molecule has 1 heterocycles. The number of amides is 2. The highest BCUT2D eigenvalue weighted by Crippen LogP contribution is 2.25. The van der Waals surface area contributed by atoms with Crippen LogP contribution in [0.2, 0.25) is 5.02 Å². The van der Waals surface area contributed by atoms with Crippen LogP contribution in [0.4, 0.5) is 26.5 Å². The maximum Gasteiger partial charge on any atom is 0.323 e. The number of hydrogen-bond donors (Lipinski definition) is 4. The molecular weight excluding hydrogens is 345 g/mol. The normalized spacial score (nSPS) is 10.5. The Morgan fingerprint density at radius 2 is 2.04 bits per heavy atom. The van der Waals surface area contributed by atoms with Gasteiger partial charge in [0.1, 0.15) is 5.82 Å². The number of hydrogen-bond acceptors (Lipinski definition) is 3. The van der Waals surface area contributed by atoms with Crippen LogP contribution in [-0.2, 0) is 0 Å². The molecule has 0 aliphatic heterocycles. The Kier molecular flexibility index (Phi) is 4.58. The number of nitrogens with one attached hydrogen (secondary N) is 3. The number of anilines is 3. The molecule has 1 aromatic heterocycles. The fraction of sp³-hybridized carbons (Fsp3) is 0.0588. The highest BCUT2D eigenvalue weighted by atomic mass is 35.5. The van der Waals surface area contributed by atoms with Crippen molar-refractivity contribution in [1.29, 1.82) is 0 Å². The van der Waals surface area contributed by atoms with Crippen molar-refractivity contribution in [1.82, 2.24) is 9.97 Å². The zero-order valence-electron chi connectivity index (χ0n) is 13.2. The molecule has 5 N–H and O–H groups in total. The maximum atomic E-state index is 14.0. The third-order valence-electron chi connectivity index (χ3n) is 3.55. The van der Waals surface area contributed by atoms with Gasteiger partial charge in [0.05, 0.1) is 17.6 Å². The summed E-state index contributed by atoms with van der Waals surface area (Å²) < 4.78 is 14.0. The van der Waals surface area contributed by atoms with Gasteiger partial charge >= 0.3 is 6.03 Å². The van der Waals surface area contributed by atoms with E-state index in [1.807, 2.05) is 6.92 Å². The SMILES string of the molecule is Cc1ccc(NC(=O)Nc2cc(-c3cnc(N)[nH]3)ccc2F)cc1Cl. The van der Waals surface area contributed by atoms with Crippen LogP contribution in [-0.4, -0.2) is 16.0 Å². The number of carbonyl (C=O) groups excluding carboxylic acids is 1. The van der Waals surface area contributed by atoms with Gasteiger partial charge in [-0.05, 0) is 42.8 Å². The molecule has 0 saturated heterocycles. The van der Waals surface area contributed by atoms with Crippen LogP contribution >= 0.6 is 11.6 Å². The monoisotopic (exact) mass is 359 g/mol. The fourth-order valence-electron chi connectivity index (χ4n) is 2.23. The molecule has 0 fully saturated rings. The second-order valence-electron chi connectivity index (χ2n) is 5.42. The van der Waals surface area contributed by atoms with E-state index in [1.165, 1.54) is 18.3 Å². The van der Waals surface area contributed by atoms with Gasteiger partial charge in [0.2, 0.25) is 0 Å². The van der Waals surface area contributed by atoms with Gasteiger partial charge in [0.15, 0.2) is 5.95 Å². The van der Waals surface area contributed by atoms with E-state index in [0.29, 0.717) is 22.0 Å². The highest BCUT2D eigenvalue weighted by molar-refractivity contribution is 6.31. The summed E-state index contributed by atoms with van der Waals surface area (Å²) in [4.78, 5) is 18.8. The predicted molar refractivity (Wildman–Crippen MR) is 97.2 cm³/mol. The molecule has 2 amide bonds. The zero-order valence-corrected chi connectivity index (χ0v) is 14.0. The third kappa shape index (κ3) is 3.89.